The standard InChI is InChI=1S/C21H21BrN2O4/c1-3-24(4-2)21(26)17(23-20(25)15-7-5-6-8-16(15)22)11-14-9-10-18-19(12-14)28-13-27-18/h5-12H,3-4,13H2,1-2H3,(H,23,25)/b17-11-. The minimum Gasteiger partial charge on any atom is -0.454 e. The third kappa shape index (κ3) is 4.36. The van der Waals surface area contributed by atoms with Gasteiger partial charge in [-0.2, -0.15) is 0 Å². The number of hydrogen-bond donors (Lipinski definition) is 1. The van der Waals surface area contributed by atoms with E-state index in [1.165, 1.54) is 0 Å². The smallest absolute Gasteiger partial charge is 0.270 e. The molecule has 1 N–H and O–H groups in total. The second kappa shape index (κ2) is 8.93. The largest absolute Gasteiger partial charge is 0.454 e. The molecule has 28 heavy (non-hydrogen) atoms. The highest BCUT2D eigenvalue weighted by atomic mass is 79.9. The predicted molar refractivity (Wildman–Crippen MR) is 110 cm³/mol. The SMILES string of the molecule is CCN(CC)C(=O)/C(=C/c1ccc2c(c1)OCO2)NC(=O)c1ccccc1Br. The van der Waals surface area contributed by atoms with E-state index in [0.29, 0.717) is 34.6 Å². The number of carbonyl (C=O) groups excluding carboxylic acids is 2. The highest BCUT2D eigenvalue weighted by Gasteiger charge is 2.20. The van der Waals surface area contributed by atoms with Crippen LogP contribution in [0.2, 0.25) is 0 Å². The molecule has 1 aliphatic rings. The van der Waals surface area contributed by atoms with Crippen LogP contribution in [0.1, 0.15) is 29.8 Å². The molecule has 3 rings (SSSR count). The number of halogens is 1. The first kappa shape index (κ1) is 19.9. The van der Waals surface area contributed by atoms with Gasteiger partial charge < -0.3 is 19.7 Å². The fourth-order valence-corrected chi connectivity index (χ4v) is 3.30. The molecular weight excluding hydrogens is 424 g/mol. The number of carbonyl (C=O) groups is 2. The van der Waals surface area contributed by atoms with Gasteiger partial charge in [0, 0.05) is 17.6 Å². The molecule has 146 valence electrons. The fraction of sp³-hybridized carbons (Fsp3) is 0.238. The van der Waals surface area contributed by atoms with Crippen LogP contribution in [0.3, 0.4) is 0 Å². The summed E-state index contributed by atoms with van der Waals surface area (Å²) in [7, 11) is 0. The molecule has 0 spiro atoms. The van der Waals surface area contributed by atoms with Gasteiger partial charge >= 0.3 is 0 Å². The number of ether oxygens (including phenoxy) is 2. The van der Waals surface area contributed by atoms with Gasteiger partial charge in [-0.3, -0.25) is 9.59 Å². The monoisotopic (exact) mass is 444 g/mol. The molecule has 0 aromatic heterocycles. The van der Waals surface area contributed by atoms with Gasteiger partial charge in [-0.05, 0) is 65.7 Å². The van der Waals surface area contributed by atoms with Crippen LogP contribution in [0.4, 0.5) is 0 Å². The van der Waals surface area contributed by atoms with Gasteiger partial charge in [-0.15, -0.1) is 0 Å². The molecule has 0 bridgehead atoms. The average molecular weight is 445 g/mol. The Labute approximate surface area is 172 Å². The lowest BCUT2D eigenvalue weighted by Gasteiger charge is -2.21. The summed E-state index contributed by atoms with van der Waals surface area (Å²) in [5, 5.41) is 2.77. The number of nitrogens with zero attached hydrogens (tertiary/aromatic N) is 1. The van der Waals surface area contributed by atoms with Crippen LogP contribution in [0.5, 0.6) is 11.5 Å². The first-order valence-electron chi connectivity index (χ1n) is 9.00. The summed E-state index contributed by atoms with van der Waals surface area (Å²) < 4.78 is 11.4. The number of nitrogens with one attached hydrogen (secondary N) is 1. The molecule has 0 saturated heterocycles. The first-order chi connectivity index (χ1) is 13.5. The second-order valence-corrected chi connectivity index (χ2v) is 6.94. The van der Waals surface area contributed by atoms with Crippen molar-refractivity contribution in [1.82, 2.24) is 10.2 Å². The van der Waals surface area contributed by atoms with Crippen molar-refractivity contribution in [2.75, 3.05) is 19.9 Å². The van der Waals surface area contributed by atoms with E-state index in [4.69, 9.17) is 9.47 Å². The molecule has 0 unspecified atom stereocenters. The van der Waals surface area contributed by atoms with Crippen LogP contribution in [0, 0.1) is 0 Å². The van der Waals surface area contributed by atoms with Crippen LogP contribution in [-0.4, -0.2) is 36.6 Å². The number of likely N-dealkylation sites (N-methyl/N-ethyl adjacent to an activating group) is 1. The minimum atomic E-state index is -0.361. The van der Waals surface area contributed by atoms with Crippen molar-refractivity contribution in [2.45, 2.75) is 13.8 Å². The molecule has 0 radical (unpaired) electrons. The third-order valence-electron chi connectivity index (χ3n) is 4.36. The quantitative estimate of drug-likeness (QED) is 0.687. The van der Waals surface area contributed by atoms with Gasteiger partial charge in [0.15, 0.2) is 11.5 Å². The Bertz CT molecular complexity index is 922. The van der Waals surface area contributed by atoms with Crippen LogP contribution < -0.4 is 14.8 Å². The maximum Gasteiger partial charge on any atom is 0.270 e. The summed E-state index contributed by atoms with van der Waals surface area (Å²) in [6.07, 6.45) is 1.65. The molecule has 0 fully saturated rings. The van der Waals surface area contributed by atoms with Gasteiger partial charge in [0.05, 0.1) is 5.56 Å². The van der Waals surface area contributed by atoms with E-state index in [1.54, 1.807) is 41.3 Å². The molecule has 0 atom stereocenters. The fourth-order valence-electron chi connectivity index (χ4n) is 2.84. The van der Waals surface area contributed by atoms with E-state index in [-0.39, 0.29) is 24.3 Å². The van der Waals surface area contributed by atoms with Gasteiger partial charge in [0.2, 0.25) is 6.79 Å². The lowest BCUT2D eigenvalue weighted by atomic mass is 10.1. The maximum absolute atomic E-state index is 13.0. The van der Waals surface area contributed by atoms with Crippen molar-refractivity contribution in [1.29, 1.82) is 0 Å². The van der Waals surface area contributed by atoms with E-state index in [1.807, 2.05) is 26.0 Å². The molecule has 6 nitrogen and oxygen atoms in total. The molecule has 2 aromatic carbocycles. The van der Waals surface area contributed by atoms with Crippen molar-refractivity contribution in [3.8, 4) is 11.5 Å². The van der Waals surface area contributed by atoms with E-state index in [0.717, 1.165) is 5.56 Å². The Hall–Kier alpha value is -2.80. The van der Waals surface area contributed by atoms with Crippen molar-refractivity contribution in [2.24, 2.45) is 0 Å². The molecule has 0 saturated carbocycles. The molecule has 2 amide bonds. The number of amides is 2. The summed E-state index contributed by atoms with van der Waals surface area (Å²) in [6, 6.07) is 12.4. The maximum atomic E-state index is 13.0. The van der Waals surface area contributed by atoms with Crippen LogP contribution in [0.25, 0.3) is 6.08 Å². The van der Waals surface area contributed by atoms with Crippen molar-refractivity contribution in [3.05, 3.63) is 63.8 Å². The van der Waals surface area contributed by atoms with Crippen LogP contribution in [0.15, 0.2) is 52.6 Å². The summed E-state index contributed by atoms with van der Waals surface area (Å²) in [4.78, 5) is 27.4. The lowest BCUT2D eigenvalue weighted by Crippen LogP contribution is -2.38. The number of benzene rings is 2. The average Bonchev–Trinajstić information content (AvgIpc) is 3.16. The van der Waals surface area contributed by atoms with E-state index in [2.05, 4.69) is 21.2 Å². The normalized spacial score (nSPS) is 12.6. The highest BCUT2D eigenvalue weighted by molar-refractivity contribution is 9.10. The highest BCUT2D eigenvalue weighted by Crippen LogP contribution is 2.33. The van der Waals surface area contributed by atoms with Crippen molar-refractivity contribution in [3.63, 3.8) is 0 Å². The molecule has 2 aromatic rings. The third-order valence-corrected chi connectivity index (χ3v) is 5.05. The van der Waals surface area contributed by atoms with Gasteiger partial charge in [-0.25, -0.2) is 0 Å². The van der Waals surface area contributed by atoms with Crippen molar-refractivity contribution >= 4 is 33.8 Å². The Balaban J connectivity index is 1.94. The van der Waals surface area contributed by atoms with Gasteiger partial charge in [-0.1, -0.05) is 18.2 Å². The summed E-state index contributed by atoms with van der Waals surface area (Å²) in [5.74, 6) is 0.662. The molecule has 0 aliphatic carbocycles. The molecule has 7 heteroatoms. The van der Waals surface area contributed by atoms with Gasteiger partial charge in [0.1, 0.15) is 5.70 Å². The Morgan fingerprint density at radius 3 is 2.54 bits per heavy atom. The summed E-state index contributed by atoms with van der Waals surface area (Å²) in [6.45, 7) is 5.05. The van der Waals surface area contributed by atoms with E-state index < -0.39 is 0 Å². The minimum absolute atomic E-state index is 0.173. The Morgan fingerprint density at radius 1 is 1.11 bits per heavy atom. The molecular formula is C21H21BrN2O4. The zero-order chi connectivity index (χ0) is 20.1. The zero-order valence-corrected chi connectivity index (χ0v) is 17.3. The van der Waals surface area contributed by atoms with Gasteiger partial charge in [0.25, 0.3) is 11.8 Å². The first-order valence-corrected chi connectivity index (χ1v) is 9.79. The Morgan fingerprint density at radius 2 is 1.82 bits per heavy atom. The molecule has 1 heterocycles. The van der Waals surface area contributed by atoms with Crippen LogP contribution >= 0.6 is 15.9 Å². The zero-order valence-electron chi connectivity index (χ0n) is 15.7. The number of rotatable bonds is 6. The predicted octanol–water partition coefficient (Wildman–Crippen LogP) is 3.82. The van der Waals surface area contributed by atoms with E-state index >= 15 is 0 Å². The topological polar surface area (TPSA) is 67.9 Å². The molecule has 1 aliphatic heterocycles. The summed E-state index contributed by atoms with van der Waals surface area (Å²) >= 11 is 3.37. The van der Waals surface area contributed by atoms with Crippen LogP contribution in [-0.2, 0) is 4.79 Å². The second-order valence-electron chi connectivity index (χ2n) is 6.08. The Kier molecular flexibility index (Phi) is 6.36. The van der Waals surface area contributed by atoms with E-state index in [9.17, 15) is 9.59 Å². The number of hydrogen-bond acceptors (Lipinski definition) is 4. The van der Waals surface area contributed by atoms with Crippen molar-refractivity contribution < 1.29 is 19.1 Å². The summed E-state index contributed by atoms with van der Waals surface area (Å²) in [5.41, 5.74) is 1.38. The number of fused-ring (bicyclic) bond motifs is 1. The lowest BCUT2D eigenvalue weighted by molar-refractivity contribution is -0.127.